The van der Waals surface area contributed by atoms with Gasteiger partial charge in [-0.1, -0.05) is 49.4 Å². The Labute approximate surface area is 110 Å². The minimum Gasteiger partial charge on any atom is -0.322 e. The summed E-state index contributed by atoms with van der Waals surface area (Å²) < 4.78 is 0. The van der Waals surface area contributed by atoms with Gasteiger partial charge in [0.1, 0.15) is 6.29 Å². The van der Waals surface area contributed by atoms with Crippen molar-refractivity contribution in [2.75, 3.05) is 7.05 Å². The molecular formula is C14H24N2O2. The number of nitrogens with zero attached hydrogens (tertiary/aromatic N) is 1. The van der Waals surface area contributed by atoms with Gasteiger partial charge in [-0.3, -0.25) is 0 Å². The molecule has 0 aliphatic rings. The number of carbonyl (C=O) groups excluding carboxylic acids is 1. The third-order valence-corrected chi connectivity index (χ3v) is 2.02. The highest BCUT2D eigenvalue weighted by molar-refractivity contribution is 5.56. The predicted octanol–water partition coefficient (Wildman–Crippen LogP) is 2.94. The Hall–Kier alpha value is -1.55. The molecule has 1 aromatic rings. The van der Waals surface area contributed by atoms with Crippen LogP contribution in [0.3, 0.4) is 0 Å². The maximum atomic E-state index is 10.2. The fourth-order valence-electron chi connectivity index (χ4n) is 1.25. The van der Waals surface area contributed by atoms with Crippen LogP contribution in [-0.2, 0) is 11.2 Å². The monoisotopic (exact) mass is 252 g/mol. The van der Waals surface area contributed by atoms with Crippen LogP contribution in [0.1, 0.15) is 32.3 Å². The molecule has 18 heavy (non-hydrogen) atoms. The van der Waals surface area contributed by atoms with Gasteiger partial charge in [0.25, 0.3) is 0 Å². The van der Waals surface area contributed by atoms with Crippen molar-refractivity contribution in [3.05, 3.63) is 40.8 Å². The SMILES string of the molecule is CC.CN=O.NC(C=O)CCCc1ccccc1. The highest BCUT2D eigenvalue weighted by Gasteiger charge is 1.99. The fraction of sp³-hybridized carbons (Fsp3) is 0.500. The largest absolute Gasteiger partial charge is 0.322 e. The van der Waals surface area contributed by atoms with Crippen LogP contribution < -0.4 is 5.73 Å². The molecule has 2 N–H and O–H groups in total. The van der Waals surface area contributed by atoms with Crippen molar-refractivity contribution in [1.29, 1.82) is 0 Å². The van der Waals surface area contributed by atoms with Gasteiger partial charge in [-0.05, 0) is 24.8 Å². The minimum absolute atomic E-state index is 0.288. The van der Waals surface area contributed by atoms with Crippen LogP contribution in [0.5, 0.6) is 0 Å². The zero-order chi connectivity index (χ0) is 14.2. The van der Waals surface area contributed by atoms with Crippen LogP contribution in [0.25, 0.3) is 0 Å². The van der Waals surface area contributed by atoms with E-state index in [4.69, 9.17) is 10.6 Å². The van der Waals surface area contributed by atoms with E-state index in [0.717, 1.165) is 25.5 Å². The Morgan fingerprint density at radius 3 is 2.22 bits per heavy atom. The number of rotatable bonds is 5. The van der Waals surface area contributed by atoms with E-state index in [1.165, 1.54) is 12.6 Å². The van der Waals surface area contributed by atoms with Crippen molar-refractivity contribution in [3.63, 3.8) is 0 Å². The number of aryl methyl sites for hydroxylation is 1. The average Bonchev–Trinajstić information content (AvgIpc) is 2.43. The molecule has 0 aliphatic carbocycles. The summed E-state index contributed by atoms with van der Waals surface area (Å²) in [5.74, 6) is 0. The number of carbonyl (C=O) groups is 1. The Balaban J connectivity index is 0. The van der Waals surface area contributed by atoms with Gasteiger partial charge in [-0.15, -0.1) is 0 Å². The normalized spacial score (nSPS) is 10.0. The molecule has 0 amide bonds. The lowest BCUT2D eigenvalue weighted by molar-refractivity contribution is -0.109. The van der Waals surface area contributed by atoms with Crippen molar-refractivity contribution in [2.45, 2.75) is 39.2 Å². The molecule has 0 saturated carbocycles. The number of nitrogens with two attached hydrogens (primary N) is 1. The summed E-state index contributed by atoms with van der Waals surface area (Å²) in [5, 5.41) is 2.25. The van der Waals surface area contributed by atoms with Crippen molar-refractivity contribution < 1.29 is 4.79 Å². The van der Waals surface area contributed by atoms with Crippen molar-refractivity contribution in [1.82, 2.24) is 0 Å². The average molecular weight is 252 g/mol. The van der Waals surface area contributed by atoms with E-state index in [9.17, 15) is 4.79 Å². The Kier molecular flexibility index (Phi) is 16.1. The second kappa shape index (κ2) is 15.4. The van der Waals surface area contributed by atoms with Crippen LogP contribution >= 0.6 is 0 Å². The van der Waals surface area contributed by atoms with Crippen LogP contribution in [0.4, 0.5) is 0 Å². The molecule has 0 aliphatic heterocycles. The molecule has 1 rings (SSSR count). The second-order valence-corrected chi connectivity index (χ2v) is 3.36. The number of aldehydes is 1. The van der Waals surface area contributed by atoms with E-state index in [-0.39, 0.29) is 6.04 Å². The quantitative estimate of drug-likeness (QED) is 0.646. The first kappa shape index (κ1) is 18.8. The van der Waals surface area contributed by atoms with E-state index in [2.05, 4.69) is 17.3 Å². The van der Waals surface area contributed by atoms with Crippen LogP contribution in [-0.4, -0.2) is 19.4 Å². The highest BCUT2D eigenvalue weighted by atomic mass is 16.2. The van der Waals surface area contributed by atoms with Gasteiger partial charge in [0.05, 0.1) is 13.1 Å². The maximum absolute atomic E-state index is 10.2. The zero-order valence-corrected chi connectivity index (χ0v) is 11.5. The number of hydrogen-bond acceptors (Lipinski definition) is 4. The summed E-state index contributed by atoms with van der Waals surface area (Å²) in [6, 6.07) is 9.94. The third-order valence-electron chi connectivity index (χ3n) is 2.02. The smallest absolute Gasteiger partial charge is 0.136 e. The predicted molar refractivity (Wildman–Crippen MR) is 76.5 cm³/mol. The van der Waals surface area contributed by atoms with Gasteiger partial charge >= 0.3 is 0 Å². The molecule has 0 radical (unpaired) electrons. The first-order chi connectivity index (χ1) is 8.74. The fourth-order valence-corrected chi connectivity index (χ4v) is 1.25. The Morgan fingerprint density at radius 2 is 1.78 bits per heavy atom. The van der Waals surface area contributed by atoms with E-state index in [1.807, 2.05) is 32.0 Å². The summed E-state index contributed by atoms with van der Waals surface area (Å²) in [5.41, 5.74) is 6.78. The Bertz CT molecular complexity index is 289. The van der Waals surface area contributed by atoms with Gasteiger partial charge < -0.3 is 10.5 Å². The molecule has 0 heterocycles. The van der Waals surface area contributed by atoms with Gasteiger partial charge in [0.15, 0.2) is 0 Å². The Morgan fingerprint density at radius 1 is 1.28 bits per heavy atom. The van der Waals surface area contributed by atoms with Crippen molar-refractivity contribution in [2.24, 2.45) is 10.9 Å². The van der Waals surface area contributed by atoms with Gasteiger partial charge in [0, 0.05) is 0 Å². The summed E-state index contributed by atoms with van der Waals surface area (Å²) >= 11 is 0. The lowest BCUT2D eigenvalue weighted by Gasteiger charge is -2.03. The van der Waals surface area contributed by atoms with Gasteiger partial charge in [0.2, 0.25) is 0 Å². The molecule has 1 aromatic carbocycles. The molecule has 1 unspecified atom stereocenters. The van der Waals surface area contributed by atoms with E-state index >= 15 is 0 Å². The molecule has 4 nitrogen and oxygen atoms in total. The standard InChI is InChI=1S/C11H15NO.C2H6.CH3NO/c12-11(9-13)8-4-7-10-5-2-1-3-6-10;1-2;1-2-3/h1-3,5-6,9,11H,4,7-8,12H2;1-2H3;1H3. The van der Waals surface area contributed by atoms with Crippen molar-refractivity contribution >= 4 is 6.29 Å². The van der Waals surface area contributed by atoms with E-state index < -0.39 is 0 Å². The lowest BCUT2D eigenvalue weighted by atomic mass is 10.1. The van der Waals surface area contributed by atoms with Crippen LogP contribution in [0.15, 0.2) is 35.5 Å². The number of nitroso groups, excluding NO2 is 1. The van der Waals surface area contributed by atoms with Crippen molar-refractivity contribution in [3.8, 4) is 0 Å². The summed E-state index contributed by atoms with van der Waals surface area (Å²) in [4.78, 5) is 18.8. The van der Waals surface area contributed by atoms with Gasteiger partial charge in [-0.25, -0.2) is 0 Å². The molecule has 1 atom stereocenters. The van der Waals surface area contributed by atoms with Gasteiger partial charge in [-0.2, -0.15) is 4.91 Å². The first-order valence-corrected chi connectivity index (χ1v) is 6.20. The topological polar surface area (TPSA) is 72.5 Å². The van der Waals surface area contributed by atoms with E-state index in [1.54, 1.807) is 0 Å². The van der Waals surface area contributed by atoms with Crippen LogP contribution in [0, 0.1) is 4.91 Å². The second-order valence-electron chi connectivity index (χ2n) is 3.36. The molecule has 0 spiro atoms. The highest BCUT2D eigenvalue weighted by Crippen LogP contribution is 2.04. The summed E-state index contributed by atoms with van der Waals surface area (Å²) in [6.07, 6.45) is 3.57. The molecule has 4 heteroatoms. The summed E-state index contributed by atoms with van der Waals surface area (Å²) in [6.45, 7) is 4.00. The molecule has 0 bridgehead atoms. The molecule has 0 saturated heterocycles. The molecule has 102 valence electrons. The lowest BCUT2D eigenvalue weighted by Crippen LogP contribution is -2.21. The van der Waals surface area contributed by atoms with Crippen LogP contribution in [0.2, 0.25) is 0 Å². The molecular weight excluding hydrogens is 228 g/mol. The number of benzene rings is 1. The first-order valence-electron chi connectivity index (χ1n) is 6.20. The number of hydrogen-bond donors (Lipinski definition) is 1. The minimum atomic E-state index is -0.288. The zero-order valence-electron chi connectivity index (χ0n) is 11.5. The molecule has 0 fully saturated rings. The third kappa shape index (κ3) is 12.5. The summed E-state index contributed by atoms with van der Waals surface area (Å²) in [7, 11) is 1.19. The molecule has 0 aromatic heterocycles. The maximum Gasteiger partial charge on any atom is 0.136 e. The van der Waals surface area contributed by atoms with E-state index in [0.29, 0.717) is 0 Å².